The summed E-state index contributed by atoms with van der Waals surface area (Å²) in [6.07, 6.45) is -3.58. The van der Waals surface area contributed by atoms with Crippen molar-refractivity contribution >= 4 is 23.2 Å². The van der Waals surface area contributed by atoms with Gasteiger partial charge < -0.3 is 9.84 Å². The molecule has 0 fully saturated rings. The molecule has 21 heavy (non-hydrogen) atoms. The van der Waals surface area contributed by atoms with Gasteiger partial charge in [0.2, 0.25) is 5.72 Å². The first-order chi connectivity index (χ1) is 9.79. The Hall–Kier alpha value is -1.73. The van der Waals surface area contributed by atoms with Gasteiger partial charge in [0.15, 0.2) is 0 Å². The van der Waals surface area contributed by atoms with Gasteiger partial charge in [-0.3, -0.25) is 4.79 Å². The maximum absolute atomic E-state index is 13.1. The molecule has 0 saturated carbocycles. The fraction of sp³-hybridized carbons (Fsp3) is 0.385. The van der Waals surface area contributed by atoms with E-state index in [9.17, 15) is 18.7 Å². The Morgan fingerprint density at radius 3 is 2.81 bits per heavy atom. The third-order valence-electron chi connectivity index (χ3n) is 3.09. The van der Waals surface area contributed by atoms with E-state index in [1.807, 2.05) is 0 Å². The lowest BCUT2D eigenvalue weighted by Crippen LogP contribution is -2.51. The van der Waals surface area contributed by atoms with Crippen LogP contribution in [0.4, 0.5) is 8.78 Å². The van der Waals surface area contributed by atoms with Crippen molar-refractivity contribution in [2.75, 3.05) is 7.11 Å². The van der Waals surface area contributed by atoms with Gasteiger partial charge >= 0.3 is 0 Å². The van der Waals surface area contributed by atoms with Gasteiger partial charge in [-0.2, -0.15) is 10.1 Å². The van der Waals surface area contributed by atoms with E-state index in [-0.39, 0.29) is 22.0 Å². The minimum absolute atomic E-state index is 0.0532. The molecule has 1 aliphatic heterocycles. The molecular formula is C13H13ClF2N2O3. The average Bonchev–Trinajstić information content (AvgIpc) is 2.74. The number of nitrogens with zero attached hydrogens (tertiary/aromatic N) is 2. The molecule has 1 aromatic rings. The highest BCUT2D eigenvalue weighted by Gasteiger charge is 2.51. The van der Waals surface area contributed by atoms with Gasteiger partial charge in [0, 0.05) is 17.2 Å². The standard InChI is InChI=1S/C13H13ClF2N2O3/c1-7-6-13(20,12(15)16)18(17-7)11(19)9-5-8(14)3-4-10(9)21-2/h3-5,12,20H,6H2,1-2H3/t13-/m0/s1. The predicted octanol–water partition coefficient (Wildman–Crippen LogP) is 2.52. The third kappa shape index (κ3) is 2.71. The number of methoxy groups -OCH3 is 1. The molecule has 1 aliphatic rings. The molecule has 0 saturated heterocycles. The van der Waals surface area contributed by atoms with Crippen LogP contribution >= 0.6 is 11.6 Å². The van der Waals surface area contributed by atoms with Gasteiger partial charge in [0.05, 0.1) is 12.7 Å². The summed E-state index contributed by atoms with van der Waals surface area (Å²) in [6, 6.07) is 4.20. The summed E-state index contributed by atoms with van der Waals surface area (Å²) in [5, 5.41) is 14.4. The Morgan fingerprint density at radius 1 is 1.57 bits per heavy atom. The second-order valence-electron chi connectivity index (χ2n) is 4.65. The van der Waals surface area contributed by atoms with Gasteiger partial charge in [0.1, 0.15) is 5.75 Å². The lowest BCUT2D eigenvalue weighted by molar-refractivity contribution is -0.164. The topological polar surface area (TPSA) is 62.1 Å². The highest BCUT2D eigenvalue weighted by Crippen LogP contribution is 2.34. The number of halogens is 3. The van der Waals surface area contributed by atoms with Gasteiger partial charge in [0.25, 0.3) is 12.3 Å². The number of benzene rings is 1. The van der Waals surface area contributed by atoms with Crippen LogP contribution in [0.5, 0.6) is 5.75 Å². The quantitative estimate of drug-likeness (QED) is 0.931. The second-order valence-corrected chi connectivity index (χ2v) is 5.09. The summed E-state index contributed by atoms with van der Waals surface area (Å²) in [5.41, 5.74) is -2.48. The number of carbonyl (C=O) groups excluding carboxylic acids is 1. The molecule has 0 aliphatic carbocycles. The fourth-order valence-electron chi connectivity index (χ4n) is 2.10. The largest absolute Gasteiger partial charge is 0.496 e. The van der Waals surface area contributed by atoms with Crippen LogP contribution in [0, 0.1) is 0 Å². The molecule has 1 N–H and O–H groups in total. The van der Waals surface area contributed by atoms with E-state index in [0.29, 0.717) is 5.01 Å². The number of hydrogen-bond acceptors (Lipinski definition) is 4. The molecule has 1 heterocycles. The van der Waals surface area contributed by atoms with Crippen LogP contribution in [-0.4, -0.2) is 41.0 Å². The molecule has 2 rings (SSSR count). The first-order valence-corrected chi connectivity index (χ1v) is 6.40. The molecule has 0 unspecified atom stereocenters. The van der Waals surface area contributed by atoms with E-state index in [0.717, 1.165) is 0 Å². The Morgan fingerprint density at radius 2 is 2.24 bits per heavy atom. The molecule has 1 aromatic carbocycles. The number of rotatable bonds is 3. The van der Waals surface area contributed by atoms with Crippen molar-refractivity contribution < 1.29 is 23.4 Å². The minimum Gasteiger partial charge on any atom is -0.496 e. The predicted molar refractivity (Wildman–Crippen MR) is 72.9 cm³/mol. The van der Waals surface area contributed by atoms with E-state index in [1.54, 1.807) is 0 Å². The van der Waals surface area contributed by atoms with E-state index in [4.69, 9.17) is 16.3 Å². The maximum atomic E-state index is 13.1. The minimum atomic E-state index is -3.16. The molecule has 114 valence electrons. The number of hydrazone groups is 1. The number of alkyl halides is 2. The molecule has 8 heteroatoms. The summed E-state index contributed by atoms with van der Waals surface area (Å²) in [5.74, 6) is -0.755. The van der Waals surface area contributed by atoms with Crippen LogP contribution in [0.15, 0.2) is 23.3 Å². The SMILES string of the molecule is COc1ccc(Cl)cc1C(=O)N1N=C(C)C[C@]1(O)C(F)F. The smallest absolute Gasteiger partial charge is 0.287 e. The normalized spacial score (nSPS) is 21.7. The van der Waals surface area contributed by atoms with Gasteiger partial charge in [-0.15, -0.1) is 0 Å². The van der Waals surface area contributed by atoms with Gasteiger partial charge in [-0.25, -0.2) is 8.78 Å². The summed E-state index contributed by atoms with van der Waals surface area (Å²) >= 11 is 5.81. The van der Waals surface area contributed by atoms with Crippen LogP contribution in [0.25, 0.3) is 0 Å². The van der Waals surface area contributed by atoms with Crippen LogP contribution in [0.3, 0.4) is 0 Å². The highest BCUT2D eigenvalue weighted by atomic mass is 35.5. The van der Waals surface area contributed by atoms with Gasteiger partial charge in [-0.05, 0) is 25.1 Å². The number of hydrogen-bond donors (Lipinski definition) is 1. The molecular weight excluding hydrogens is 306 g/mol. The van der Waals surface area contributed by atoms with Crippen LogP contribution < -0.4 is 4.74 Å². The number of carbonyl (C=O) groups is 1. The van der Waals surface area contributed by atoms with E-state index in [1.165, 1.54) is 32.2 Å². The van der Waals surface area contributed by atoms with Crippen molar-refractivity contribution in [3.8, 4) is 5.75 Å². The summed E-state index contributed by atoms with van der Waals surface area (Å²) in [4.78, 5) is 12.4. The second kappa shape index (κ2) is 5.57. The van der Waals surface area contributed by atoms with Crippen molar-refractivity contribution in [2.45, 2.75) is 25.5 Å². The van der Waals surface area contributed by atoms with E-state index in [2.05, 4.69) is 5.10 Å². The molecule has 1 atom stereocenters. The molecule has 0 spiro atoms. The molecule has 0 radical (unpaired) electrons. The van der Waals surface area contributed by atoms with Gasteiger partial charge in [-0.1, -0.05) is 11.6 Å². The van der Waals surface area contributed by atoms with Crippen molar-refractivity contribution in [3.63, 3.8) is 0 Å². The monoisotopic (exact) mass is 318 g/mol. The van der Waals surface area contributed by atoms with E-state index >= 15 is 0 Å². The summed E-state index contributed by atoms with van der Waals surface area (Å²) in [7, 11) is 1.33. The Labute approximate surface area is 124 Å². The average molecular weight is 319 g/mol. The number of amides is 1. The fourth-order valence-corrected chi connectivity index (χ4v) is 2.27. The van der Waals surface area contributed by atoms with Crippen molar-refractivity contribution in [1.29, 1.82) is 0 Å². The molecule has 0 aromatic heterocycles. The Kier molecular flexibility index (Phi) is 4.15. The Bertz CT molecular complexity index is 609. The van der Waals surface area contributed by atoms with Crippen LogP contribution in [0.2, 0.25) is 5.02 Å². The van der Waals surface area contributed by atoms with Crippen molar-refractivity contribution in [1.82, 2.24) is 5.01 Å². The van der Waals surface area contributed by atoms with Crippen LogP contribution in [-0.2, 0) is 0 Å². The highest BCUT2D eigenvalue weighted by molar-refractivity contribution is 6.31. The van der Waals surface area contributed by atoms with Crippen molar-refractivity contribution in [3.05, 3.63) is 28.8 Å². The lowest BCUT2D eigenvalue weighted by atomic mass is 10.1. The van der Waals surface area contributed by atoms with E-state index < -0.39 is 24.5 Å². The zero-order valence-corrected chi connectivity index (χ0v) is 12.1. The summed E-state index contributed by atoms with van der Waals surface area (Å²) < 4.78 is 31.2. The van der Waals surface area contributed by atoms with Crippen LogP contribution in [0.1, 0.15) is 23.7 Å². The molecule has 0 bridgehead atoms. The maximum Gasteiger partial charge on any atom is 0.287 e. The summed E-state index contributed by atoms with van der Waals surface area (Å²) in [6.45, 7) is 1.45. The first-order valence-electron chi connectivity index (χ1n) is 6.02. The zero-order valence-electron chi connectivity index (χ0n) is 11.3. The molecule has 5 nitrogen and oxygen atoms in total. The first kappa shape index (κ1) is 15.7. The number of ether oxygens (including phenoxy) is 1. The number of aliphatic hydroxyl groups is 1. The van der Waals surface area contributed by atoms with Crippen molar-refractivity contribution in [2.24, 2.45) is 5.10 Å². The Balaban J connectivity index is 2.46. The zero-order chi connectivity index (χ0) is 15.8. The lowest BCUT2D eigenvalue weighted by Gasteiger charge is -2.30. The third-order valence-corrected chi connectivity index (χ3v) is 3.32. The molecule has 1 amide bonds.